The van der Waals surface area contributed by atoms with Crippen molar-refractivity contribution in [3.8, 4) is 0 Å². The van der Waals surface area contributed by atoms with Crippen molar-refractivity contribution in [1.29, 1.82) is 0 Å². The Kier molecular flexibility index (Phi) is 4.30. The zero-order chi connectivity index (χ0) is 13.1. The largest absolute Gasteiger partial charge is 0.480 e. The molecule has 0 bridgehead atoms. The van der Waals surface area contributed by atoms with Gasteiger partial charge in [-0.25, -0.2) is 9.59 Å². The Balaban J connectivity index is 2.37. The Morgan fingerprint density at radius 2 is 2.12 bits per heavy atom. The average molecular weight is 260 g/mol. The highest BCUT2D eigenvalue weighted by molar-refractivity contribution is 8.00. The second kappa shape index (κ2) is 5.16. The maximum Gasteiger partial charge on any atom is 0.328 e. The van der Waals surface area contributed by atoms with Crippen LogP contribution in [-0.2, 0) is 4.79 Å². The van der Waals surface area contributed by atoms with E-state index in [-0.39, 0.29) is 4.75 Å². The number of hydrogen-bond donors (Lipinski definition) is 3. The Hall–Kier alpha value is -0.910. The van der Waals surface area contributed by atoms with Crippen LogP contribution in [-0.4, -0.2) is 39.7 Å². The number of urea groups is 1. The zero-order valence-corrected chi connectivity index (χ0v) is 11.3. The molecule has 17 heavy (non-hydrogen) atoms. The standard InChI is InChI=1S/C11H20N2O3S/c1-10(2,8(14)15)13-9(16)12-7-11(3)5-4-6-17-11/h4-7H2,1-3H3,(H,14,15)(H2,12,13,16). The third kappa shape index (κ3) is 4.11. The molecule has 1 unspecified atom stereocenters. The number of aliphatic carboxylic acids is 1. The lowest BCUT2D eigenvalue weighted by atomic mass is 10.1. The maximum absolute atomic E-state index is 11.6. The summed E-state index contributed by atoms with van der Waals surface area (Å²) in [6.45, 7) is 5.61. The second-order valence-electron chi connectivity index (χ2n) is 5.14. The number of carbonyl (C=O) groups is 2. The van der Waals surface area contributed by atoms with E-state index in [9.17, 15) is 9.59 Å². The van der Waals surface area contributed by atoms with Crippen molar-refractivity contribution in [1.82, 2.24) is 10.6 Å². The van der Waals surface area contributed by atoms with Crippen LogP contribution in [0.25, 0.3) is 0 Å². The van der Waals surface area contributed by atoms with Gasteiger partial charge < -0.3 is 15.7 Å². The molecule has 0 aliphatic carbocycles. The fraction of sp³-hybridized carbons (Fsp3) is 0.818. The molecule has 0 saturated carbocycles. The summed E-state index contributed by atoms with van der Waals surface area (Å²) in [6, 6.07) is -0.425. The summed E-state index contributed by atoms with van der Waals surface area (Å²) in [4.78, 5) is 22.4. The summed E-state index contributed by atoms with van der Waals surface area (Å²) in [5, 5.41) is 14.1. The monoisotopic (exact) mass is 260 g/mol. The molecule has 1 saturated heterocycles. The highest BCUT2D eigenvalue weighted by atomic mass is 32.2. The van der Waals surface area contributed by atoms with Crippen molar-refractivity contribution in [3.05, 3.63) is 0 Å². The number of carboxylic acids is 1. The molecule has 0 aromatic carbocycles. The highest BCUT2D eigenvalue weighted by Gasteiger charge is 2.32. The van der Waals surface area contributed by atoms with Crippen LogP contribution in [0.15, 0.2) is 0 Å². The van der Waals surface area contributed by atoms with Gasteiger partial charge in [-0.05, 0) is 39.4 Å². The second-order valence-corrected chi connectivity index (χ2v) is 6.82. The number of thioether (sulfide) groups is 1. The fourth-order valence-corrected chi connectivity index (χ4v) is 2.87. The minimum Gasteiger partial charge on any atom is -0.480 e. The van der Waals surface area contributed by atoms with Crippen molar-refractivity contribution in [3.63, 3.8) is 0 Å². The lowest BCUT2D eigenvalue weighted by Crippen LogP contribution is -2.54. The van der Waals surface area contributed by atoms with Gasteiger partial charge in [0.2, 0.25) is 0 Å². The minimum atomic E-state index is -1.24. The first kappa shape index (κ1) is 14.2. The minimum absolute atomic E-state index is 0.0880. The number of hydrogen-bond acceptors (Lipinski definition) is 3. The van der Waals surface area contributed by atoms with Crippen LogP contribution in [0.5, 0.6) is 0 Å². The molecule has 5 nitrogen and oxygen atoms in total. The van der Waals surface area contributed by atoms with Crippen LogP contribution in [0.1, 0.15) is 33.6 Å². The smallest absolute Gasteiger partial charge is 0.328 e. The summed E-state index contributed by atoms with van der Waals surface area (Å²) >= 11 is 1.85. The molecule has 3 N–H and O–H groups in total. The predicted molar refractivity (Wildman–Crippen MR) is 68.3 cm³/mol. The topological polar surface area (TPSA) is 78.4 Å². The van der Waals surface area contributed by atoms with E-state index < -0.39 is 17.5 Å². The summed E-state index contributed by atoms with van der Waals surface area (Å²) in [5.74, 6) is 0.0783. The number of carbonyl (C=O) groups excluding carboxylic acids is 1. The average Bonchev–Trinajstić information content (AvgIpc) is 2.62. The Morgan fingerprint density at radius 3 is 2.59 bits per heavy atom. The van der Waals surface area contributed by atoms with Crippen molar-refractivity contribution >= 4 is 23.8 Å². The van der Waals surface area contributed by atoms with E-state index in [1.165, 1.54) is 20.3 Å². The summed E-state index contributed by atoms with van der Waals surface area (Å²) in [7, 11) is 0. The van der Waals surface area contributed by atoms with Gasteiger partial charge in [-0.15, -0.1) is 0 Å². The zero-order valence-electron chi connectivity index (χ0n) is 10.5. The van der Waals surface area contributed by atoms with Gasteiger partial charge in [0.05, 0.1) is 0 Å². The van der Waals surface area contributed by atoms with E-state index in [4.69, 9.17) is 5.11 Å². The summed E-state index contributed by atoms with van der Waals surface area (Å²) in [5.41, 5.74) is -1.24. The number of amides is 2. The SMILES string of the molecule is CC1(CNC(=O)NC(C)(C)C(=O)O)CCCS1. The van der Waals surface area contributed by atoms with Crippen molar-refractivity contribution in [2.45, 2.75) is 43.9 Å². The Morgan fingerprint density at radius 1 is 1.47 bits per heavy atom. The molecular weight excluding hydrogens is 240 g/mol. The van der Waals surface area contributed by atoms with Crippen LogP contribution < -0.4 is 10.6 Å². The normalized spacial score (nSPS) is 24.4. The number of rotatable bonds is 4. The molecule has 1 atom stereocenters. The van der Waals surface area contributed by atoms with E-state index in [0.29, 0.717) is 6.54 Å². The van der Waals surface area contributed by atoms with Gasteiger partial charge in [0.1, 0.15) is 5.54 Å². The predicted octanol–water partition coefficient (Wildman–Crippen LogP) is 1.43. The molecule has 1 rings (SSSR count). The van der Waals surface area contributed by atoms with Crippen molar-refractivity contribution in [2.75, 3.05) is 12.3 Å². The van der Waals surface area contributed by atoms with Gasteiger partial charge in [-0.1, -0.05) is 0 Å². The van der Waals surface area contributed by atoms with Gasteiger partial charge in [-0.2, -0.15) is 11.8 Å². The summed E-state index contributed by atoms with van der Waals surface area (Å²) in [6.07, 6.45) is 2.26. The molecular formula is C11H20N2O3S. The number of carboxylic acid groups (broad SMARTS) is 1. The molecule has 1 aliphatic rings. The van der Waals surface area contributed by atoms with Gasteiger partial charge in [0.15, 0.2) is 0 Å². The molecule has 0 aromatic rings. The fourth-order valence-electron chi connectivity index (χ4n) is 1.63. The lowest BCUT2D eigenvalue weighted by molar-refractivity contribution is -0.142. The highest BCUT2D eigenvalue weighted by Crippen LogP contribution is 2.36. The van der Waals surface area contributed by atoms with E-state index in [1.807, 2.05) is 11.8 Å². The lowest BCUT2D eigenvalue weighted by Gasteiger charge is -2.25. The summed E-state index contributed by atoms with van der Waals surface area (Å²) < 4.78 is 0.0880. The van der Waals surface area contributed by atoms with E-state index in [2.05, 4.69) is 17.6 Å². The molecule has 6 heteroatoms. The Labute approximate surface area is 106 Å². The van der Waals surface area contributed by atoms with Crippen molar-refractivity contribution in [2.24, 2.45) is 0 Å². The molecule has 0 spiro atoms. The molecule has 2 amide bonds. The first-order valence-electron chi connectivity index (χ1n) is 5.69. The molecule has 98 valence electrons. The van der Waals surface area contributed by atoms with Gasteiger partial charge in [0, 0.05) is 11.3 Å². The molecule has 0 aromatic heterocycles. The molecule has 0 radical (unpaired) electrons. The van der Waals surface area contributed by atoms with E-state index >= 15 is 0 Å². The molecule has 1 fully saturated rings. The van der Waals surface area contributed by atoms with E-state index in [1.54, 1.807) is 0 Å². The first-order valence-corrected chi connectivity index (χ1v) is 6.67. The quantitative estimate of drug-likeness (QED) is 0.714. The van der Waals surface area contributed by atoms with Crippen LogP contribution in [0, 0.1) is 0 Å². The maximum atomic E-state index is 11.6. The van der Waals surface area contributed by atoms with Gasteiger partial charge in [0.25, 0.3) is 0 Å². The third-order valence-corrected chi connectivity index (χ3v) is 4.42. The van der Waals surface area contributed by atoms with Gasteiger partial charge in [-0.3, -0.25) is 0 Å². The first-order chi connectivity index (χ1) is 7.75. The van der Waals surface area contributed by atoms with Crippen LogP contribution in [0.2, 0.25) is 0 Å². The Bertz CT molecular complexity index is 312. The van der Waals surface area contributed by atoms with Crippen LogP contribution in [0.3, 0.4) is 0 Å². The van der Waals surface area contributed by atoms with Crippen molar-refractivity contribution < 1.29 is 14.7 Å². The number of nitrogens with one attached hydrogen (secondary N) is 2. The molecule has 1 heterocycles. The van der Waals surface area contributed by atoms with Crippen LogP contribution >= 0.6 is 11.8 Å². The van der Waals surface area contributed by atoms with Gasteiger partial charge >= 0.3 is 12.0 Å². The third-order valence-electron chi connectivity index (χ3n) is 2.88. The van der Waals surface area contributed by atoms with Crippen LogP contribution in [0.4, 0.5) is 4.79 Å². The van der Waals surface area contributed by atoms with E-state index in [0.717, 1.165) is 12.2 Å². The molecule has 1 aliphatic heterocycles.